The SMILES string of the molecule is COC(=O)CC(NC(=O)C(C)n1c(-c2cccs2)n[nH]c1=S)c1ccccc1Cl. The molecule has 0 saturated carbocycles. The zero-order chi connectivity index (χ0) is 21.0. The monoisotopic (exact) mass is 450 g/mol. The van der Waals surface area contributed by atoms with E-state index in [1.165, 1.54) is 18.4 Å². The highest BCUT2D eigenvalue weighted by molar-refractivity contribution is 7.71. The van der Waals surface area contributed by atoms with Crippen molar-refractivity contribution in [1.82, 2.24) is 20.1 Å². The number of carbonyl (C=O) groups excluding carboxylic acids is 2. The number of carbonyl (C=O) groups is 2. The maximum Gasteiger partial charge on any atom is 0.307 e. The highest BCUT2D eigenvalue weighted by atomic mass is 35.5. The molecule has 1 amide bonds. The Morgan fingerprint density at radius 2 is 2.10 bits per heavy atom. The summed E-state index contributed by atoms with van der Waals surface area (Å²) in [6.07, 6.45) is -0.0484. The van der Waals surface area contributed by atoms with Crippen molar-refractivity contribution in [3.8, 4) is 10.7 Å². The lowest BCUT2D eigenvalue weighted by molar-refractivity contribution is -0.141. The molecule has 2 aromatic heterocycles. The largest absolute Gasteiger partial charge is 0.469 e. The second-order valence-corrected chi connectivity index (χ2v) is 7.98. The summed E-state index contributed by atoms with van der Waals surface area (Å²) in [5.74, 6) is -0.203. The summed E-state index contributed by atoms with van der Waals surface area (Å²) in [4.78, 5) is 25.9. The predicted molar refractivity (Wildman–Crippen MR) is 114 cm³/mol. The molecule has 0 aliphatic heterocycles. The van der Waals surface area contributed by atoms with Crippen LogP contribution >= 0.6 is 35.2 Å². The van der Waals surface area contributed by atoms with Crippen molar-refractivity contribution < 1.29 is 14.3 Å². The highest BCUT2D eigenvalue weighted by Crippen LogP contribution is 2.28. The summed E-state index contributed by atoms with van der Waals surface area (Å²) >= 11 is 13.1. The van der Waals surface area contributed by atoms with E-state index in [-0.39, 0.29) is 12.3 Å². The summed E-state index contributed by atoms with van der Waals surface area (Å²) in [6, 6.07) is 9.54. The second-order valence-electron chi connectivity index (χ2n) is 6.24. The molecule has 3 aromatic rings. The molecule has 0 fully saturated rings. The number of thiophene rings is 1. The van der Waals surface area contributed by atoms with Crippen LogP contribution in [0.3, 0.4) is 0 Å². The third-order valence-corrected chi connectivity index (χ3v) is 5.91. The van der Waals surface area contributed by atoms with Crippen LogP contribution in [0, 0.1) is 4.77 Å². The van der Waals surface area contributed by atoms with Gasteiger partial charge in [0.2, 0.25) is 5.91 Å². The van der Waals surface area contributed by atoms with Gasteiger partial charge in [0, 0.05) is 5.02 Å². The van der Waals surface area contributed by atoms with Gasteiger partial charge < -0.3 is 10.1 Å². The number of aromatic nitrogens is 3. The minimum Gasteiger partial charge on any atom is -0.469 e. The minimum absolute atomic E-state index is 0.0484. The normalized spacial score (nSPS) is 12.9. The average Bonchev–Trinajstić information content (AvgIpc) is 3.36. The molecule has 10 heteroatoms. The fourth-order valence-corrected chi connectivity index (χ4v) is 4.17. The quantitative estimate of drug-likeness (QED) is 0.413. The van der Waals surface area contributed by atoms with E-state index in [2.05, 4.69) is 15.5 Å². The third kappa shape index (κ3) is 4.75. The number of amides is 1. The summed E-state index contributed by atoms with van der Waals surface area (Å²) in [7, 11) is 1.30. The summed E-state index contributed by atoms with van der Waals surface area (Å²) in [5, 5.41) is 12.3. The number of aromatic amines is 1. The smallest absolute Gasteiger partial charge is 0.307 e. The molecule has 2 N–H and O–H groups in total. The molecular weight excluding hydrogens is 432 g/mol. The Morgan fingerprint density at radius 3 is 2.76 bits per heavy atom. The molecule has 29 heavy (non-hydrogen) atoms. The number of hydrogen-bond acceptors (Lipinski definition) is 6. The van der Waals surface area contributed by atoms with Gasteiger partial charge in [-0.25, -0.2) is 0 Å². The number of ether oxygens (including phenoxy) is 1. The fraction of sp³-hybridized carbons (Fsp3) is 0.263. The van der Waals surface area contributed by atoms with Gasteiger partial charge >= 0.3 is 5.97 Å². The van der Waals surface area contributed by atoms with Crippen LogP contribution in [0.5, 0.6) is 0 Å². The van der Waals surface area contributed by atoms with E-state index in [1.807, 2.05) is 17.5 Å². The Hall–Kier alpha value is -2.49. The minimum atomic E-state index is -0.666. The first kappa shape index (κ1) is 21.2. The van der Waals surface area contributed by atoms with Crippen molar-refractivity contribution in [2.45, 2.75) is 25.4 Å². The predicted octanol–water partition coefficient (Wildman–Crippen LogP) is 4.30. The van der Waals surface area contributed by atoms with Gasteiger partial charge in [-0.1, -0.05) is 35.9 Å². The van der Waals surface area contributed by atoms with Gasteiger partial charge in [-0.05, 0) is 42.2 Å². The molecular formula is C19H19ClN4O3S2. The Labute approximate surface area is 181 Å². The standard InChI is InChI=1S/C19H19ClN4O3S2/c1-11(24-17(22-23-19(24)28)15-8-5-9-29-15)18(26)21-14(10-16(25)27-2)12-6-3-4-7-13(12)20/h3-9,11,14H,10H2,1-2H3,(H,21,26)(H,23,28). The number of rotatable bonds is 7. The fourth-order valence-electron chi connectivity index (χ4n) is 2.90. The zero-order valence-corrected chi connectivity index (χ0v) is 18.1. The molecule has 2 heterocycles. The Morgan fingerprint density at radius 1 is 1.34 bits per heavy atom. The summed E-state index contributed by atoms with van der Waals surface area (Å²) in [5.41, 5.74) is 0.634. The molecule has 0 saturated heterocycles. The van der Waals surface area contributed by atoms with Crippen LogP contribution in [0.25, 0.3) is 10.7 Å². The van der Waals surface area contributed by atoms with Gasteiger partial charge in [-0.2, -0.15) is 5.10 Å². The van der Waals surface area contributed by atoms with E-state index in [4.69, 9.17) is 28.6 Å². The van der Waals surface area contributed by atoms with E-state index in [0.717, 1.165) is 4.88 Å². The topological polar surface area (TPSA) is 89.0 Å². The number of nitrogens with one attached hydrogen (secondary N) is 2. The molecule has 7 nitrogen and oxygen atoms in total. The van der Waals surface area contributed by atoms with Crippen LogP contribution in [0.1, 0.15) is 31.0 Å². The molecule has 2 atom stereocenters. The van der Waals surface area contributed by atoms with Crippen molar-refractivity contribution in [3.63, 3.8) is 0 Å². The molecule has 0 radical (unpaired) electrons. The van der Waals surface area contributed by atoms with Gasteiger partial charge in [0.15, 0.2) is 10.6 Å². The van der Waals surface area contributed by atoms with Gasteiger partial charge in [0.05, 0.1) is 24.4 Å². The number of esters is 1. The second kappa shape index (κ2) is 9.34. The lowest BCUT2D eigenvalue weighted by atomic mass is 10.0. The molecule has 152 valence electrons. The number of halogens is 1. The van der Waals surface area contributed by atoms with E-state index < -0.39 is 18.1 Å². The highest BCUT2D eigenvalue weighted by Gasteiger charge is 2.26. The van der Waals surface area contributed by atoms with Gasteiger partial charge in [-0.15, -0.1) is 11.3 Å². The number of hydrogen-bond donors (Lipinski definition) is 2. The van der Waals surface area contributed by atoms with Crippen LogP contribution in [-0.2, 0) is 14.3 Å². The Bertz CT molecular complexity index is 1060. The van der Waals surface area contributed by atoms with Crippen molar-refractivity contribution in [1.29, 1.82) is 0 Å². The van der Waals surface area contributed by atoms with Crippen LogP contribution in [0.15, 0.2) is 41.8 Å². The first-order valence-corrected chi connectivity index (χ1v) is 10.4. The third-order valence-electron chi connectivity index (χ3n) is 4.41. The molecule has 1 aromatic carbocycles. The van der Waals surface area contributed by atoms with Crippen LogP contribution in [0.2, 0.25) is 5.02 Å². The number of methoxy groups -OCH3 is 1. The van der Waals surface area contributed by atoms with E-state index in [9.17, 15) is 9.59 Å². The van der Waals surface area contributed by atoms with E-state index in [1.54, 1.807) is 35.8 Å². The lowest BCUT2D eigenvalue weighted by Crippen LogP contribution is -2.35. The van der Waals surface area contributed by atoms with E-state index >= 15 is 0 Å². The van der Waals surface area contributed by atoms with Gasteiger partial charge in [-0.3, -0.25) is 19.3 Å². The first-order chi connectivity index (χ1) is 13.9. The van der Waals surface area contributed by atoms with Crippen LogP contribution < -0.4 is 5.32 Å². The molecule has 3 rings (SSSR count). The number of H-pyrrole nitrogens is 1. The van der Waals surface area contributed by atoms with Gasteiger partial charge in [0.1, 0.15) is 6.04 Å². The van der Waals surface area contributed by atoms with Crippen molar-refractivity contribution in [2.75, 3.05) is 7.11 Å². The Balaban J connectivity index is 1.89. The molecule has 0 aliphatic rings. The Kier molecular flexibility index (Phi) is 6.83. The molecule has 0 aliphatic carbocycles. The van der Waals surface area contributed by atoms with Crippen molar-refractivity contribution in [2.24, 2.45) is 0 Å². The summed E-state index contributed by atoms with van der Waals surface area (Å²) < 4.78 is 6.76. The number of nitrogens with zero attached hydrogens (tertiary/aromatic N) is 2. The first-order valence-electron chi connectivity index (χ1n) is 8.74. The molecule has 0 spiro atoms. The van der Waals surface area contributed by atoms with Crippen molar-refractivity contribution in [3.05, 3.63) is 57.1 Å². The molecule has 2 unspecified atom stereocenters. The average molecular weight is 451 g/mol. The van der Waals surface area contributed by atoms with Crippen molar-refractivity contribution >= 4 is 47.0 Å². The van der Waals surface area contributed by atoms with Crippen LogP contribution in [-0.4, -0.2) is 33.8 Å². The maximum absolute atomic E-state index is 13.1. The number of benzene rings is 1. The van der Waals surface area contributed by atoms with Crippen LogP contribution in [0.4, 0.5) is 0 Å². The van der Waals surface area contributed by atoms with E-state index in [0.29, 0.717) is 21.2 Å². The zero-order valence-electron chi connectivity index (χ0n) is 15.7. The maximum atomic E-state index is 13.1. The summed E-state index contributed by atoms with van der Waals surface area (Å²) in [6.45, 7) is 1.72. The molecule has 0 bridgehead atoms. The lowest BCUT2D eigenvalue weighted by Gasteiger charge is -2.22. The van der Waals surface area contributed by atoms with Gasteiger partial charge in [0.25, 0.3) is 0 Å².